The van der Waals surface area contributed by atoms with Gasteiger partial charge in [-0.05, 0) is 24.7 Å². The van der Waals surface area contributed by atoms with Crippen molar-refractivity contribution in [1.82, 2.24) is 4.98 Å². The van der Waals surface area contributed by atoms with E-state index in [0.717, 1.165) is 5.01 Å². The Morgan fingerprint density at radius 1 is 1.35 bits per heavy atom. The van der Waals surface area contributed by atoms with Crippen molar-refractivity contribution in [3.8, 4) is 0 Å². The number of hydrogen-bond acceptors (Lipinski definition) is 5. The predicted octanol–water partition coefficient (Wildman–Crippen LogP) is 0.995. The van der Waals surface area contributed by atoms with Gasteiger partial charge in [0.1, 0.15) is 5.69 Å². The first kappa shape index (κ1) is 14.2. The van der Waals surface area contributed by atoms with Gasteiger partial charge in [-0.1, -0.05) is 6.07 Å². The highest BCUT2D eigenvalue weighted by atomic mass is 32.1. The molecule has 7 heteroatoms. The lowest BCUT2D eigenvalue weighted by molar-refractivity contribution is 0.0995. The molecule has 0 fully saturated rings. The van der Waals surface area contributed by atoms with Crippen LogP contribution in [0.4, 0.5) is 5.69 Å². The van der Waals surface area contributed by atoms with Gasteiger partial charge in [-0.3, -0.25) is 9.59 Å². The molecule has 6 nitrogen and oxygen atoms in total. The van der Waals surface area contributed by atoms with E-state index in [1.54, 1.807) is 23.6 Å². The number of anilines is 1. The summed E-state index contributed by atoms with van der Waals surface area (Å²) in [7, 11) is 0. The lowest BCUT2D eigenvalue weighted by Crippen LogP contribution is -2.15. The van der Waals surface area contributed by atoms with Crippen LogP contribution in [0.3, 0.4) is 0 Å². The predicted molar refractivity (Wildman–Crippen MR) is 77.8 cm³/mol. The summed E-state index contributed by atoms with van der Waals surface area (Å²) in [6.45, 7) is 0.495. The number of thiazole rings is 1. The molecule has 2 aromatic rings. The zero-order chi connectivity index (χ0) is 14.5. The third-order valence-electron chi connectivity index (χ3n) is 2.55. The zero-order valence-electron chi connectivity index (χ0n) is 10.6. The van der Waals surface area contributed by atoms with Gasteiger partial charge in [-0.2, -0.15) is 0 Å². The molecule has 2 amide bonds. The van der Waals surface area contributed by atoms with E-state index >= 15 is 0 Å². The van der Waals surface area contributed by atoms with Crippen LogP contribution in [0.25, 0.3) is 0 Å². The van der Waals surface area contributed by atoms with Crippen LogP contribution < -0.4 is 16.8 Å². The average Bonchev–Trinajstić information content (AvgIpc) is 2.88. The second-order valence-corrected chi connectivity index (χ2v) is 5.01. The molecule has 1 heterocycles. The van der Waals surface area contributed by atoms with Gasteiger partial charge in [0.2, 0.25) is 5.91 Å². The lowest BCUT2D eigenvalue weighted by Gasteiger charge is -2.04. The number of carbonyl (C=O) groups excluding carboxylic acids is 2. The van der Waals surface area contributed by atoms with Crippen molar-refractivity contribution >= 4 is 28.8 Å². The molecule has 1 aromatic heterocycles. The SMILES string of the molecule is NCCc1nc(C(=O)Nc2cccc(C(N)=O)c2)cs1. The van der Waals surface area contributed by atoms with Crippen molar-refractivity contribution in [3.05, 3.63) is 45.9 Å². The van der Waals surface area contributed by atoms with Gasteiger partial charge in [0.25, 0.3) is 5.91 Å². The van der Waals surface area contributed by atoms with Gasteiger partial charge in [0.15, 0.2) is 0 Å². The van der Waals surface area contributed by atoms with Crippen LogP contribution in [0.15, 0.2) is 29.6 Å². The molecule has 104 valence electrons. The van der Waals surface area contributed by atoms with E-state index < -0.39 is 5.91 Å². The molecule has 0 saturated carbocycles. The normalized spacial score (nSPS) is 10.2. The van der Waals surface area contributed by atoms with Gasteiger partial charge in [-0.15, -0.1) is 11.3 Å². The Balaban J connectivity index is 2.10. The van der Waals surface area contributed by atoms with Gasteiger partial charge >= 0.3 is 0 Å². The molecule has 0 unspecified atom stereocenters. The third kappa shape index (κ3) is 3.40. The maximum atomic E-state index is 12.0. The van der Waals surface area contributed by atoms with Crippen LogP contribution in [0.1, 0.15) is 25.9 Å². The monoisotopic (exact) mass is 290 g/mol. The Hall–Kier alpha value is -2.25. The highest BCUT2D eigenvalue weighted by Crippen LogP contribution is 2.14. The van der Waals surface area contributed by atoms with Crippen molar-refractivity contribution in [2.75, 3.05) is 11.9 Å². The van der Waals surface area contributed by atoms with Gasteiger partial charge in [0, 0.05) is 23.1 Å². The van der Waals surface area contributed by atoms with Crippen LogP contribution in [-0.2, 0) is 6.42 Å². The average molecular weight is 290 g/mol. The first-order valence-electron chi connectivity index (χ1n) is 5.96. The van der Waals surface area contributed by atoms with E-state index in [1.165, 1.54) is 17.4 Å². The van der Waals surface area contributed by atoms with E-state index in [9.17, 15) is 9.59 Å². The summed E-state index contributed by atoms with van der Waals surface area (Å²) in [6.07, 6.45) is 0.648. The van der Waals surface area contributed by atoms with Gasteiger partial charge < -0.3 is 16.8 Å². The number of carbonyl (C=O) groups is 2. The molecule has 0 spiro atoms. The molecule has 20 heavy (non-hydrogen) atoms. The number of aromatic nitrogens is 1. The van der Waals surface area contributed by atoms with E-state index in [0.29, 0.717) is 29.9 Å². The molecule has 0 saturated heterocycles. The number of primary amides is 1. The number of amides is 2. The Morgan fingerprint density at radius 2 is 2.15 bits per heavy atom. The van der Waals surface area contributed by atoms with Crippen LogP contribution in [0.2, 0.25) is 0 Å². The number of benzene rings is 1. The molecule has 0 aliphatic heterocycles. The second kappa shape index (κ2) is 6.27. The Bertz CT molecular complexity index is 639. The largest absolute Gasteiger partial charge is 0.366 e. The number of nitrogens with zero attached hydrogens (tertiary/aromatic N) is 1. The first-order chi connectivity index (χ1) is 9.60. The summed E-state index contributed by atoms with van der Waals surface area (Å²) in [4.78, 5) is 27.3. The molecule has 0 atom stereocenters. The molecular formula is C13H14N4O2S. The van der Waals surface area contributed by atoms with E-state index in [-0.39, 0.29) is 5.91 Å². The van der Waals surface area contributed by atoms with E-state index in [1.807, 2.05) is 0 Å². The molecule has 0 bridgehead atoms. The number of nitrogens with two attached hydrogens (primary N) is 2. The minimum Gasteiger partial charge on any atom is -0.366 e. The standard InChI is InChI=1S/C13H14N4O2S/c14-5-4-11-17-10(7-20-11)13(19)16-9-3-1-2-8(6-9)12(15)18/h1-3,6-7H,4-5,14H2,(H2,15,18)(H,16,19). The highest BCUT2D eigenvalue weighted by molar-refractivity contribution is 7.09. The van der Waals surface area contributed by atoms with Crippen molar-refractivity contribution in [3.63, 3.8) is 0 Å². The van der Waals surface area contributed by atoms with Crippen LogP contribution >= 0.6 is 11.3 Å². The van der Waals surface area contributed by atoms with Crippen molar-refractivity contribution in [2.45, 2.75) is 6.42 Å². The summed E-state index contributed by atoms with van der Waals surface area (Å²) in [5.74, 6) is -0.869. The Morgan fingerprint density at radius 3 is 2.85 bits per heavy atom. The molecule has 0 radical (unpaired) electrons. The molecule has 0 aliphatic rings. The number of nitrogens with one attached hydrogen (secondary N) is 1. The Kier molecular flexibility index (Phi) is 4.44. The fourth-order valence-corrected chi connectivity index (χ4v) is 2.39. The van der Waals surface area contributed by atoms with Crippen molar-refractivity contribution < 1.29 is 9.59 Å². The molecule has 2 rings (SSSR count). The summed E-state index contributed by atoms with van der Waals surface area (Å²) < 4.78 is 0. The fraction of sp³-hybridized carbons (Fsp3) is 0.154. The quantitative estimate of drug-likeness (QED) is 0.762. The van der Waals surface area contributed by atoms with Crippen LogP contribution in [-0.4, -0.2) is 23.3 Å². The molecular weight excluding hydrogens is 276 g/mol. The summed E-state index contributed by atoms with van der Waals surface area (Å²) in [5, 5.41) is 5.18. The summed E-state index contributed by atoms with van der Waals surface area (Å²) in [6, 6.07) is 6.43. The van der Waals surface area contributed by atoms with Crippen LogP contribution in [0, 0.1) is 0 Å². The van der Waals surface area contributed by atoms with E-state index in [2.05, 4.69) is 10.3 Å². The Labute approximate surface area is 119 Å². The minimum absolute atomic E-state index is 0.328. The molecule has 1 aromatic carbocycles. The maximum Gasteiger partial charge on any atom is 0.275 e. The first-order valence-corrected chi connectivity index (χ1v) is 6.84. The fourth-order valence-electron chi connectivity index (χ4n) is 1.60. The van der Waals surface area contributed by atoms with Crippen molar-refractivity contribution in [1.29, 1.82) is 0 Å². The topological polar surface area (TPSA) is 111 Å². The maximum absolute atomic E-state index is 12.0. The molecule has 5 N–H and O–H groups in total. The minimum atomic E-state index is -0.542. The molecule has 0 aliphatic carbocycles. The lowest BCUT2D eigenvalue weighted by atomic mass is 10.2. The highest BCUT2D eigenvalue weighted by Gasteiger charge is 2.11. The number of hydrogen-bond donors (Lipinski definition) is 3. The smallest absolute Gasteiger partial charge is 0.275 e. The van der Waals surface area contributed by atoms with E-state index in [4.69, 9.17) is 11.5 Å². The zero-order valence-corrected chi connectivity index (χ0v) is 11.4. The van der Waals surface area contributed by atoms with Crippen molar-refractivity contribution in [2.24, 2.45) is 11.5 Å². The second-order valence-electron chi connectivity index (χ2n) is 4.06. The van der Waals surface area contributed by atoms with Gasteiger partial charge in [0.05, 0.1) is 5.01 Å². The number of rotatable bonds is 5. The third-order valence-corrected chi connectivity index (χ3v) is 3.46. The summed E-state index contributed by atoms with van der Waals surface area (Å²) in [5.41, 5.74) is 11.8. The van der Waals surface area contributed by atoms with Crippen LogP contribution in [0.5, 0.6) is 0 Å². The van der Waals surface area contributed by atoms with Gasteiger partial charge in [-0.25, -0.2) is 4.98 Å². The summed E-state index contributed by atoms with van der Waals surface area (Å²) >= 11 is 1.40.